The van der Waals surface area contributed by atoms with Crippen LogP contribution in [0, 0.1) is 11.7 Å². The number of hydrogen-bond donors (Lipinski definition) is 1. The Morgan fingerprint density at radius 2 is 2.54 bits per heavy atom. The summed E-state index contributed by atoms with van der Waals surface area (Å²) in [6.45, 7) is 2.92. The van der Waals surface area contributed by atoms with Crippen LogP contribution in [0.4, 0.5) is 0 Å². The Labute approximate surface area is 85.0 Å². The van der Waals surface area contributed by atoms with E-state index < -0.39 is 0 Å². The van der Waals surface area contributed by atoms with Crippen LogP contribution in [0.3, 0.4) is 0 Å². The van der Waals surface area contributed by atoms with Crippen molar-refractivity contribution in [3.05, 3.63) is 33.0 Å². The minimum absolute atomic E-state index is 0.674. The van der Waals surface area contributed by atoms with Crippen molar-refractivity contribution in [3.8, 4) is 0 Å². The topological polar surface area (TPSA) is 33.6 Å². The van der Waals surface area contributed by atoms with Crippen LogP contribution in [-0.2, 0) is 6.54 Å². The molecule has 0 amide bonds. The molecule has 0 unspecified atom stereocenters. The molecular formula is C8H9N3S2. The number of nitrogens with one attached hydrogen (secondary N) is 1. The van der Waals surface area contributed by atoms with E-state index in [0.717, 1.165) is 6.54 Å². The van der Waals surface area contributed by atoms with E-state index >= 15 is 0 Å². The average Bonchev–Trinajstić information content (AvgIpc) is 2.65. The summed E-state index contributed by atoms with van der Waals surface area (Å²) < 4.78 is 2.60. The van der Waals surface area contributed by atoms with Gasteiger partial charge in [0, 0.05) is 4.88 Å². The first-order chi connectivity index (χ1) is 6.27. The highest BCUT2D eigenvalue weighted by atomic mass is 32.1. The lowest BCUT2D eigenvalue weighted by atomic mass is 10.3. The highest BCUT2D eigenvalue weighted by molar-refractivity contribution is 7.71. The zero-order chi connectivity index (χ0) is 9.26. The molecule has 0 aromatic carbocycles. The molecule has 0 fully saturated rings. The van der Waals surface area contributed by atoms with Crippen molar-refractivity contribution in [3.63, 3.8) is 0 Å². The van der Waals surface area contributed by atoms with Gasteiger partial charge in [-0.1, -0.05) is 0 Å². The largest absolute Gasteiger partial charge is 0.301 e. The second-order valence-corrected chi connectivity index (χ2v) is 4.20. The highest BCUT2D eigenvalue weighted by Crippen LogP contribution is 2.16. The number of nitrogens with zero attached hydrogens (tertiary/aromatic N) is 2. The predicted octanol–water partition coefficient (Wildman–Crippen LogP) is 2.36. The fourth-order valence-corrected chi connectivity index (χ4v) is 2.17. The third kappa shape index (κ3) is 1.71. The molecule has 0 spiro atoms. The molecule has 0 saturated carbocycles. The van der Waals surface area contributed by atoms with E-state index in [-0.39, 0.29) is 0 Å². The van der Waals surface area contributed by atoms with Gasteiger partial charge in [0.15, 0.2) is 4.77 Å². The van der Waals surface area contributed by atoms with E-state index in [1.807, 2.05) is 4.57 Å². The molecule has 2 heterocycles. The van der Waals surface area contributed by atoms with Crippen molar-refractivity contribution in [1.29, 1.82) is 0 Å². The summed E-state index contributed by atoms with van der Waals surface area (Å²) in [5.41, 5.74) is 1.31. The van der Waals surface area contributed by atoms with Crippen molar-refractivity contribution in [2.75, 3.05) is 0 Å². The van der Waals surface area contributed by atoms with Crippen molar-refractivity contribution < 1.29 is 0 Å². The second-order valence-electron chi connectivity index (χ2n) is 2.82. The van der Waals surface area contributed by atoms with Crippen molar-refractivity contribution >= 4 is 23.6 Å². The molecule has 0 aliphatic rings. The van der Waals surface area contributed by atoms with Crippen LogP contribution in [0.15, 0.2) is 17.8 Å². The summed E-state index contributed by atoms with van der Waals surface area (Å²) in [5, 5.41) is 8.69. The third-order valence-corrected chi connectivity index (χ3v) is 3.23. The standard InChI is InChI=1S/C8H9N3S2/c1-6-2-3-13-7(6)4-11-5-9-10-8(11)12/h2-3,5H,4H2,1H3,(H,10,12). The van der Waals surface area contributed by atoms with Crippen molar-refractivity contribution in [2.45, 2.75) is 13.5 Å². The van der Waals surface area contributed by atoms with E-state index in [2.05, 4.69) is 28.6 Å². The molecule has 0 aliphatic heterocycles. The van der Waals surface area contributed by atoms with Gasteiger partial charge < -0.3 is 4.57 Å². The molecule has 0 aliphatic carbocycles. The lowest BCUT2D eigenvalue weighted by molar-refractivity contribution is 0.790. The van der Waals surface area contributed by atoms with E-state index in [1.165, 1.54) is 10.4 Å². The van der Waals surface area contributed by atoms with Gasteiger partial charge in [-0.3, -0.25) is 5.10 Å². The third-order valence-electron chi connectivity index (χ3n) is 1.90. The summed E-state index contributed by atoms with van der Waals surface area (Å²) >= 11 is 6.80. The number of rotatable bonds is 2. The molecule has 2 aromatic heterocycles. The molecule has 0 saturated heterocycles. The fraction of sp³-hybridized carbons (Fsp3) is 0.250. The van der Waals surface area contributed by atoms with E-state index in [4.69, 9.17) is 12.2 Å². The zero-order valence-electron chi connectivity index (χ0n) is 7.15. The minimum Gasteiger partial charge on any atom is -0.301 e. The van der Waals surface area contributed by atoms with E-state index in [1.54, 1.807) is 17.7 Å². The number of aromatic nitrogens is 3. The summed E-state index contributed by atoms with van der Waals surface area (Å²) in [7, 11) is 0. The van der Waals surface area contributed by atoms with Crippen LogP contribution in [-0.4, -0.2) is 14.8 Å². The summed E-state index contributed by atoms with van der Waals surface area (Å²) in [5.74, 6) is 0. The Morgan fingerprint density at radius 1 is 1.69 bits per heavy atom. The Kier molecular flexibility index (Phi) is 2.28. The normalized spacial score (nSPS) is 10.5. The van der Waals surface area contributed by atoms with Gasteiger partial charge in [0.05, 0.1) is 6.54 Å². The van der Waals surface area contributed by atoms with Gasteiger partial charge in [-0.2, -0.15) is 5.10 Å². The van der Waals surface area contributed by atoms with Gasteiger partial charge in [0.25, 0.3) is 0 Å². The number of thiophene rings is 1. The summed E-state index contributed by atoms with van der Waals surface area (Å²) in [4.78, 5) is 1.33. The number of aryl methyl sites for hydroxylation is 1. The number of aromatic amines is 1. The first-order valence-electron chi connectivity index (χ1n) is 3.90. The Morgan fingerprint density at radius 3 is 3.08 bits per heavy atom. The monoisotopic (exact) mass is 211 g/mol. The second kappa shape index (κ2) is 3.43. The van der Waals surface area contributed by atoms with Crippen molar-refractivity contribution in [2.24, 2.45) is 0 Å². The van der Waals surface area contributed by atoms with Crippen LogP contribution >= 0.6 is 23.6 Å². The van der Waals surface area contributed by atoms with Gasteiger partial charge in [0.2, 0.25) is 0 Å². The molecular weight excluding hydrogens is 202 g/mol. The van der Waals surface area contributed by atoms with Crippen LogP contribution in [0.25, 0.3) is 0 Å². The number of H-pyrrole nitrogens is 1. The zero-order valence-corrected chi connectivity index (χ0v) is 8.78. The molecule has 0 atom stereocenters. The maximum Gasteiger partial charge on any atom is 0.195 e. The Balaban J connectivity index is 2.29. The lowest BCUT2D eigenvalue weighted by Crippen LogP contribution is -1.97. The first kappa shape index (κ1) is 8.65. The molecule has 68 valence electrons. The maximum atomic E-state index is 5.05. The van der Waals surface area contributed by atoms with Gasteiger partial charge in [-0.05, 0) is 36.2 Å². The molecule has 0 bridgehead atoms. The van der Waals surface area contributed by atoms with Crippen LogP contribution < -0.4 is 0 Å². The van der Waals surface area contributed by atoms with Gasteiger partial charge in [-0.15, -0.1) is 11.3 Å². The van der Waals surface area contributed by atoms with Crippen LogP contribution in [0.5, 0.6) is 0 Å². The summed E-state index contributed by atoms with van der Waals surface area (Å²) in [6, 6.07) is 2.11. The predicted molar refractivity (Wildman–Crippen MR) is 55.6 cm³/mol. The average molecular weight is 211 g/mol. The van der Waals surface area contributed by atoms with Crippen molar-refractivity contribution in [1.82, 2.24) is 14.8 Å². The lowest BCUT2D eigenvalue weighted by Gasteiger charge is -1.99. The fourth-order valence-electron chi connectivity index (χ4n) is 1.10. The quantitative estimate of drug-likeness (QED) is 0.774. The first-order valence-corrected chi connectivity index (χ1v) is 5.19. The highest BCUT2D eigenvalue weighted by Gasteiger charge is 2.01. The molecule has 3 nitrogen and oxygen atoms in total. The molecule has 13 heavy (non-hydrogen) atoms. The van der Waals surface area contributed by atoms with E-state index in [0.29, 0.717) is 4.77 Å². The summed E-state index contributed by atoms with van der Waals surface area (Å²) in [6.07, 6.45) is 1.72. The maximum absolute atomic E-state index is 5.05. The van der Waals surface area contributed by atoms with Gasteiger partial charge in [0.1, 0.15) is 6.33 Å². The van der Waals surface area contributed by atoms with E-state index in [9.17, 15) is 0 Å². The molecule has 2 aromatic rings. The molecule has 1 N–H and O–H groups in total. The smallest absolute Gasteiger partial charge is 0.195 e. The van der Waals surface area contributed by atoms with Crippen LogP contribution in [0.2, 0.25) is 0 Å². The Hall–Kier alpha value is -0.940. The van der Waals surface area contributed by atoms with Gasteiger partial charge in [-0.25, -0.2) is 0 Å². The van der Waals surface area contributed by atoms with Gasteiger partial charge >= 0.3 is 0 Å². The Bertz CT molecular complexity index is 452. The minimum atomic E-state index is 0.674. The molecule has 0 radical (unpaired) electrons. The molecule has 5 heteroatoms. The van der Waals surface area contributed by atoms with Crippen LogP contribution in [0.1, 0.15) is 10.4 Å². The molecule has 2 rings (SSSR count). The number of hydrogen-bond acceptors (Lipinski definition) is 3. The SMILES string of the molecule is Cc1ccsc1Cn1cn[nH]c1=S.